The fourth-order valence-electron chi connectivity index (χ4n) is 2.62. The number of likely N-dealkylation sites (N-methyl/N-ethyl adjacent to an activating group) is 1. The van der Waals surface area contributed by atoms with Crippen molar-refractivity contribution in [1.82, 2.24) is 4.90 Å². The van der Waals surface area contributed by atoms with Crippen LogP contribution >= 0.6 is 0 Å². The monoisotopic (exact) mass is 237 g/mol. The number of rotatable bonds is 1. The number of hydrogen-bond donors (Lipinski definition) is 0. The van der Waals surface area contributed by atoms with Gasteiger partial charge in [-0.25, -0.2) is 0 Å². The quantitative estimate of drug-likeness (QED) is 0.731. The lowest BCUT2D eigenvalue weighted by Gasteiger charge is -2.25. The molecule has 1 aliphatic rings. The molecule has 0 radical (unpaired) electrons. The summed E-state index contributed by atoms with van der Waals surface area (Å²) in [4.78, 5) is 2.39. The maximum atomic E-state index is 2.39. The van der Waals surface area contributed by atoms with Crippen molar-refractivity contribution >= 4 is 0 Å². The molecule has 0 fully saturated rings. The van der Waals surface area contributed by atoms with Crippen LogP contribution in [0.1, 0.15) is 16.7 Å². The second-order valence-corrected chi connectivity index (χ2v) is 5.34. The maximum Gasteiger partial charge on any atom is 0.0233 e. The van der Waals surface area contributed by atoms with E-state index in [0.717, 1.165) is 6.54 Å². The van der Waals surface area contributed by atoms with E-state index in [1.165, 1.54) is 40.8 Å². The SMILES string of the molecule is Cc1ccc(-c2ccc3c(c2)CN(C)CC3)cc1. The summed E-state index contributed by atoms with van der Waals surface area (Å²) in [6, 6.07) is 15.7. The average Bonchev–Trinajstić information content (AvgIpc) is 2.38. The summed E-state index contributed by atoms with van der Waals surface area (Å²) in [6.45, 7) is 4.39. The first-order valence-corrected chi connectivity index (χ1v) is 6.60. The molecule has 1 aliphatic heterocycles. The normalized spacial score (nSPS) is 15.4. The largest absolute Gasteiger partial charge is 0.302 e. The van der Waals surface area contributed by atoms with Crippen LogP contribution < -0.4 is 0 Å². The van der Waals surface area contributed by atoms with E-state index >= 15 is 0 Å². The Morgan fingerprint density at radius 1 is 0.889 bits per heavy atom. The molecule has 2 aromatic carbocycles. The molecule has 0 aliphatic carbocycles. The molecule has 0 unspecified atom stereocenters. The molecule has 0 atom stereocenters. The number of hydrogen-bond acceptors (Lipinski definition) is 1. The van der Waals surface area contributed by atoms with Crippen LogP contribution in [0.5, 0.6) is 0 Å². The molecule has 0 bridgehead atoms. The van der Waals surface area contributed by atoms with Gasteiger partial charge in [0, 0.05) is 13.1 Å². The summed E-state index contributed by atoms with van der Waals surface area (Å²) in [6.07, 6.45) is 1.18. The Hall–Kier alpha value is -1.60. The number of fused-ring (bicyclic) bond motifs is 1. The van der Waals surface area contributed by atoms with Crippen molar-refractivity contribution in [2.24, 2.45) is 0 Å². The second-order valence-electron chi connectivity index (χ2n) is 5.34. The van der Waals surface area contributed by atoms with Gasteiger partial charge in [-0.1, -0.05) is 42.0 Å². The summed E-state index contributed by atoms with van der Waals surface area (Å²) in [7, 11) is 2.20. The highest BCUT2D eigenvalue weighted by Gasteiger charge is 2.13. The summed E-state index contributed by atoms with van der Waals surface area (Å²) >= 11 is 0. The molecule has 0 N–H and O–H groups in total. The van der Waals surface area contributed by atoms with Crippen molar-refractivity contribution in [1.29, 1.82) is 0 Å². The fraction of sp³-hybridized carbons (Fsp3) is 0.294. The Bertz CT molecular complexity index is 554. The van der Waals surface area contributed by atoms with Gasteiger partial charge in [0.2, 0.25) is 0 Å². The zero-order valence-corrected chi connectivity index (χ0v) is 11.1. The third-order valence-corrected chi connectivity index (χ3v) is 3.79. The zero-order chi connectivity index (χ0) is 12.5. The Labute approximate surface area is 109 Å². The van der Waals surface area contributed by atoms with Crippen LogP contribution in [0.4, 0.5) is 0 Å². The minimum absolute atomic E-state index is 1.08. The molecule has 1 nitrogen and oxygen atoms in total. The van der Waals surface area contributed by atoms with Gasteiger partial charge in [-0.15, -0.1) is 0 Å². The van der Waals surface area contributed by atoms with Crippen LogP contribution in [0.25, 0.3) is 11.1 Å². The van der Waals surface area contributed by atoms with Crippen LogP contribution in [-0.2, 0) is 13.0 Å². The molecule has 0 amide bonds. The van der Waals surface area contributed by atoms with Crippen molar-refractivity contribution in [3.8, 4) is 11.1 Å². The highest BCUT2D eigenvalue weighted by Crippen LogP contribution is 2.26. The number of benzene rings is 2. The Balaban J connectivity index is 1.99. The first-order chi connectivity index (χ1) is 8.72. The van der Waals surface area contributed by atoms with Gasteiger partial charge in [0.25, 0.3) is 0 Å². The Kier molecular flexibility index (Phi) is 2.92. The van der Waals surface area contributed by atoms with Gasteiger partial charge in [-0.05, 0) is 48.7 Å². The lowest BCUT2D eigenvalue weighted by Crippen LogP contribution is -2.26. The molecule has 1 heteroatoms. The predicted molar refractivity (Wildman–Crippen MR) is 76.7 cm³/mol. The molecule has 2 aromatic rings. The minimum atomic E-state index is 1.08. The van der Waals surface area contributed by atoms with E-state index in [0.29, 0.717) is 0 Å². The molecule has 92 valence electrons. The second kappa shape index (κ2) is 4.58. The first-order valence-electron chi connectivity index (χ1n) is 6.60. The van der Waals surface area contributed by atoms with Crippen LogP contribution in [-0.4, -0.2) is 18.5 Å². The van der Waals surface area contributed by atoms with Crippen molar-refractivity contribution in [2.75, 3.05) is 13.6 Å². The van der Waals surface area contributed by atoms with Crippen molar-refractivity contribution in [3.05, 3.63) is 59.2 Å². The topological polar surface area (TPSA) is 3.24 Å². The zero-order valence-electron chi connectivity index (χ0n) is 11.1. The van der Waals surface area contributed by atoms with E-state index in [2.05, 4.69) is 61.3 Å². The van der Waals surface area contributed by atoms with Crippen molar-refractivity contribution in [3.63, 3.8) is 0 Å². The molecule has 18 heavy (non-hydrogen) atoms. The molecule has 0 spiro atoms. The third kappa shape index (κ3) is 2.19. The molecule has 0 aromatic heterocycles. The van der Waals surface area contributed by atoms with Crippen molar-refractivity contribution < 1.29 is 0 Å². The maximum absolute atomic E-state index is 2.39. The molecule has 0 saturated carbocycles. The van der Waals surface area contributed by atoms with E-state index in [1.807, 2.05) is 0 Å². The lowest BCUT2D eigenvalue weighted by atomic mass is 9.95. The van der Waals surface area contributed by atoms with Crippen LogP contribution in [0.15, 0.2) is 42.5 Å². The molecule has 1 heterocycles. The van der Waals surface area contributed by atoms with Gasteiger partial charge < -0.3 is 4.90 Å². The minimum Gasteiger partial charge on any atom is -0.302 e. The van der Waals surface area contributed by atoms with Gasteiger partial charge >= 0.3 is 0 Å². The first kappa shape index (κ1) is 11.5. The number of nitrogens with zero attached hydrogens (tertiary/aromatic N) is 1. The van der Waals surface area contributed by atoms with E-state index in [-0.39, 0.29) is 0 Å². The van der Waals surface area contributed by atoms with Gasteiger partial charge in [0.1, 0.15) is 0 Å². The Morgan fingerprint density at radius 2 is 1.61 bits per heavy atom. The fourth-order valence-corrected chi connectivity index (χ4v) is 2.62. The molecule has 0 saturated heterocycles. The summed E-state index contributed by atoms with van der Waals surface area (Å²) in [5.74, 6) is 0. The summed E-state index contributed by atoms with van der Waals surface area (Å²) < 4.78 is 0. The smallest absolute Gasteiger partial charge is 0.0233 e. The van der Waals surface area contributed by atoms with E-state index < -0.39 is 0 Å². The average molecular weight is 237 g/mol. The molecule has 3 rings (SSSR count). The van der Waals surface area contributed by atoms with Crippen LogP contribution in [0.2, 0.25) is 0 Å². The van der Waals surface area contributed by atoms with Gasteiger partial charge in [0.15, 0.2) is 0 Å². The van der Waals surface area contributed by atoms with Crippen molar-refractivity contribution in [2.45, 2.75) is 19.9 Å². The van der Waals surface area contributed by atoms with Crippen LogP contribution in [0, 0.1) is 6.92 Å². The molecular weight excluding hydrogens is 218 g/mol. The third-order valence-electron chi connectivity index (χ3n) is 3.79. The van der Waals surface area contributed by atoms with E-state index in [4.69, 9.17) is 0 Å². The van der Waals surface area contributed by atoms with Gasteiger partial charge in [0.05, 0.1) is 0 Å². The summed E-state index contributed by atoms with van der Waals surface area (Å²) in [5, 5.41) is 0. The summed E-state index contributed by atoms with van der Waals surface area (Å²) in [5.41, 5.74) is 6.97. The molecular formula is C17H19N. The van der Waals surface area contributed by atoms with Gasteiger partial charge in [-0.3, -0.25) is 0 Å². The van der Waals surface area contributed by atoms with Crippen LogP contribution in [0.3, 0.4) is 0 Å². The van der Waals surface area contributed by atoms with Gasteiger partial charge in [-0.2, -0.15) is 0 Å². The lowest BCUT2D eigenvalue weighted by molar-refractivity contribution is 0.313. The van der Waals surface area contributed by atoms with E-state index in [9.17, 15) is 0 Å². The predicted octanol–water partition coefficient (Wildman–Crippen LogP) is 3.65. The highest BCUT2D eigenvalue weighted by atomic mass is 15.1. The standard InChI is InChI=1S/C17H19N/c1-13-3-5-14(6-4-13)16-8-7-15-9-10-18(2)12-17(15)11-16/h3-8,11H,9-10,12H2,1-2H3. The Morgan fingerprint density at radius 3 is 2.39 bits per heavy atom. The highest BCUT2D eigenvalue weighted by molar-refractivity contribution is 5.65. The van der Waals surface area contributed by atoms with E-state index in [1.54, 1.807) is 0 Å². The number of aryl methyl sites for hydroxylation is 1.